The van der Waals surface area contributed by atoms with Crippen LogP contribution in [0.4, 0.5) is 8.78 Å². The van der Waals surface area contributed by atoms with Crippen molar-refractivity contribution in [3.63, 3.8) is 0 Å². The molecule has 79 heavy (non-hydrogen) atoms. The van der Waals surface area contributed by atoms with Gasteiger partial charge in [-0.3, -0.25) is 48.1 Å². The smallest absolute Gasteiger partial charge is 0.328 e. The molecule has 1 aliphatic heterocycles. The zero-order chi connectivity index (χ0) is 58.6. The number of rotatable bonds is 32. The van der Waals surface area contributed by atoms with Crippen LogP contribution in [0.25, 0.3) is 11.1 Å². The Balaban J connectivity index is 1.48. The van der Waals surface area contributed by atoms with Crippen LogP contribution in [-0.4, -0.2) is 146 Å². The summed E-state index contributed by atoms with van der Waals surface area (Å²) in [6.45, 7) is 10.8. The highest BCUT2D eigenvalue weighted by molar-refractivity contribution is 7.99. The zero-order valence-electron chi connectivity index (χ0n) is 45.4. The third kappa shape index (κ3) is 20.4. The number of hydrogen-bond acceptors (Lipinski definition) is 12. The monoisotopic (exact) mass is 1120 g/mol. The first-order valence-electron chi connectivity index (χ1n) is 26.0. The van der Waals surface area contributed by atoms with E-state index in [2.05, 4.69) is 26.6 Å². The van der Waals surface area contributed by atoms with Crippen LogP contribution in [0.3, 0.4) is 0 Å². The van der Waals surface area contributed by atoms with Crippen molar-refractivity contribution in [2.24, 2.45) is 17.1 Å². The van der Waals surface area contributed by atoms with E-state index in [0.29, 0.717) is 30.5 Å². The minimum absolute atomic E-state index is 0.00572. The van der Waals surface area contributed by atoms with Gasteiger partial charge in [0.2, 0.25) is 35.4 Å². The highest BCUT2D eigenvalue weighted by Gasteiger charge is 2.37. The number of thioether (sulfide) groups is 1. The molecule has 0 radical (unpaired) electrons. The lowest BCUT2D eigenvalue weighted by Gasteiger charge is -2.41. The van der Waals surface area contributed by atoms with Gasteiger partial charge in [-0.05, 0) is 67.3 Å². The average molecular weight is 1120 g/mol. The Morgan fingerprint density at radius 1 is 0.772 bits per heavy atom. The molecule has 3 aromatic rings. The van der Waals surface area contributed by atoms with Gasteiger partial charge in [0.25, 0.3) is 11.8 Å². The quantitative estimate of drug-likeness (QED) is 0.0327. The number of carbonyl (C=O) groups excluding carboxylic acids is 8. The van der Waals surface area contributed by atoms with Crippen molar-refractivity contribution in [1.82, 2.24) is 41.0 Å². The van der Waals surface area contributed by atoms with E-state index in [1.807, 2.05) is 55.7 Å². The van der Waals surface area contributed by atoms with Crippen molar-refractivity contribution in [1.29, 1.82) is 0 Å². The van der Waals surface area contributed by atoms with Crippen molar-refractivity contribution < 1.29 is 66.9 Å². The number of aliphatic carboxylic acids is 2. The molecule has 0 spiro atoms. The summed E-state index contributed by atoms with van der Waals surface area (Å²) in [5.74, 6) is -8.84. The normalized spacial score (nSPS) is 14.2. The number of nitrogens with two attached hydrogens (primary N) is 1. The number of hydrogen-bond donors (Lipinski definition) is 8. The SMILES string of the molecule is CC(C)[C@H](NC(=O)CCCCCN1C(=O)C=CC1=O)C(=O)N[C@@H](C)C(=O)NCCCN(C(=O)CSCCC(=O)N[C@H](CNC(=O)C[C@H](N)C(=O)O)C(=O)O)[C@@H](c1cc(-c2cc(F)ccc2F)cn1Cc1ccccc1)C(C)(C)C. The summed E-state index contributed by atoms with van der Waals surface area (Å²) >= 11 is 1.09. The number of aromatic nitrogens is 1. The lowest BCUT2D eigenvalue weighted by molar-refractivity contribution is -0.142. The molecule has 0 aliphatic carbocycles. The molecule has 0 saturated heterocycles. The van der Waals surface area contributed by atoms with Crippen LogP contribution < -0.4 is 32.3 Å². The van der Waals surface area contributed by atoms with Crippen LogP contribution in [-0.2, 0) is 54.5 Å². The second kappa shape index (κ2) is 30.6. The van der Waals surface area contributed by atoms with Crippen LogP contribution in [0.2, 0.25) is 0 Å². The Labute approximate surface area is 462 Å². The third-order valence-corrected chi connectivity index (χ3v) is 13.7. The topological polar surface area (TPSA) is 309 Å². The Morgan fingerprint density at radius 3 is 2.08 bits per heavy atom. The van der Waals surface area contributed by atoms with E-state index < -0.39 is 95.8 Å². The van der Waals surface area contributed by atoms with Gasteiger partial charge in [0.05, 0.1) is 18.2 Å². The Bertz CT molecular complexity index is 2680. The largest absolute Gasteiger partial charge is 0.480 e. The van der Waals surface area contributed by atoms with Gasteiger partial charge < -0.3 is 52.0 Å². The highest BCUT2D eigenvalue weighted by atomic mass is 32.2. The summed E-state index contributed by atoms with van der Waals surface area (Å²) in [7, 11) is 0. The molecule has 430 valence electrons. The van der Waals surface area contributed by atoms with E-state index in [0.717, 1.165) is 40.4 Å². The average Bonchev–Trinajstić information content (AvgIpc) is 3.97. The van der Waals surface area contributed by atoms with Crippen molar-refractivity contribution in [3.8, 4) is 11.1 Å². The number of nitrogens with one attached hydrogen (secondary N) is 5. The van der Waals surface area contributed by atoms with Crippen LogP contribution in [0.15, 0.2) is 72.9 Å². The molecule has 1 aromatic heterocycles. The molecule has 0 saturated carbocycles. The number of carboxylic acids is 2. The lowest BCUT2D eigenvalue weighted by Crippen LogP contribution is -2.54. The minimum atomic E-state index is -1.56. The van der Waals surface area contributed by atoms with Crippen LogP contribution in [0.5, 0.6) is 0 Å². The number of unbranched alkanes of at least 4 members (excludes halogenated alkanes) is 2. The van der Waals surface area contributed by atoms with E-state index in [9.17, 15) is 57.4 Å². The first-order valence-corrected chi connectivity index (χ1v) is 27.2. The number of amides is 8. The van der Waals surface area contributed by atoms with Gasteiger partial charge in [-0.1, -0.05) is 71.4 Å². The molecule has 0 bridgehead atoms. The highest BCUT2D eigenvalue weighted by Crippen LogP contribution is 2.41. The predicted molar refractivity (Wildman–Crippen MR) is 290 cm³/mol. The standard InChI is InChI=1S/C55H73F2N9O12S/c1-33(2)49(63-43(67)16-11-8-12-23-65-46(70)19-20-47(65)71)52(74)61-34(3)51(73)59-22-13-24-66(48(72)32-79-25-21-44(68)62-41(54(77)78)29-60-45(69)28-40(58)53(75)76)50(55(4,5)6)42-26-36(38-27-37(56)17-18-39(38)57)31-64(42)30-35-14-9-7-10-15-35/h7,9-10,14-15,17-20,26-27,31,33-34,40-41,49-50H,8,11-13,16,21-25,28-30,32,58H2,1-6H3,(H,59,73)(H,60,69)(H,61,74)(H,62,68)(H,63,67)(H,75,76)(H,77,78)/t34-,40-,41+,49-,50-/m0/s1. The second-order valence-electron chi connectivity index (χ2n) is 20.6. The molecular formula is C55H73F2N9O12S. The fourth-order valence-corrected chi connectivity index (χ4v) is 9.42. The number of carbonyl (C=O) groups is 10. The molecule has 4 rings (SSSR count). The minimum Gasteiger partial charge on any atom is -0.480 e. The van der Waals surface area contributed by atoms with E-state index in [1.165, 1.54) is 19.1 Å². The Kier molecular flexibility index (Phi) is 24.8. The van der Waals surface area contributed by atoms with Crippen molar-refractivity contribution in [2.75, 3.05) is 37.7 Å². The Hall–Kier alpha value is -7.47. The van der Waals surface area contributed by atoms with Crippen molar-refractivity contribution in [3.05, 3.63) is 95.8 Å². The molecule has 5 atom stereocenters. The number of carboxylic acid groups (broad SMARTS) is 2. The molecule has 2 aromatic carbocycles. The summed E-state index contributed by atoms with van der Waals surface area (Å²) in [4.78, 5) is 129. The van der Waals surface area contributed by atoms with Gasteiger partial charge in [0.15, 0.2) is 0 Å². The maximum Gasteiger partial charge on any atom is 0.328 e. The first kappa shape index (κ1) is 64.1. The van der Waals surface area contributed by atoms with Crippen molar-refractivity contribution >= 4 is 71.0 Å². The molecular weight excluding hydrogens is 1050 g/mol. The molecule has 2 heterocycles. The number of imide groups is 1. The second-order valence-corrected chi connectivity index (χ2v) is 21.7. The van der Waals surface area contributed by atoms with Gasteiger partial charge in [-0.2, -0.15) is 11.8 Å². The van der Waals surface area contributed by atoms with Crippen LogP contribution in [0, 0.1) is 23.0 Å². The fourth-order valence-electron chi connectivity index (χ4n) is 8.61. The third-order valence-electron chi connectivity index (χ3n) is 12.7. The molecule has 1 aliphatic rings. The van der Waals surface area contributed by atoms with E-state index in [-0.39, 0.29) is 92.1 Å². The van der Waals surface area contributed by atoms with Crippen LogP contribution in [0.1, 0.15) is 104 Å². The summed E-state index contributed by atoms with van der Waals surface area (Å²) < 4.78 is 32.0. The maximum atomic E-state index is 15.4. The van der Waals surface area contributed by atoms with Gasteiger partial charge in [-0.25, -0.2) is 13.6 Å². The zero-order valence-corrected chi connectivity index (χ0v) is 46.2. The predicted octanol–water partition coefficient (Wildman–Crippen LogP) is 3.65. The van der Waals surface area contributed by atoms with E-state index in [4.69, 9.17) is 10.8 Å². The Morgan fingerprint density at radius 2 is 1.44 bits per heavy atom. The van der Waals surface area contributed by atoms with Crippen molar-refractivity contribution in [2.45, 2.75) is 123 Å². The molecule has 9 N–H and O–H groups in total. The van der Waals surface area contributed by atoms with Gasteiger partial charge in [-0.15, -0.1) is 0 Å². The fraction of sp³-hybridized carbons (Fsp3) is 0.491. The van der Waals surface area contributed by atoms with Gasteiger partial charge in [0, 0.05) is 86.5 Å². The number of nitrogens with zero attached hydrogens (tertiary/aromatic N) is 3. The molecule has 0 unspecified atom stereocenters. The number of benzene rings is 2. The first-order chi connectivity index (χ1) is 37.3. The maximum absolute atomic E-state index is 15.4. The molecule has 21 nitrogen and oxygen atoms in total. The molecule has 8 amide bonds. The molecule has 24 heteroatoms. The van der Waals surface area contributed by atoms with Gasteiger partial charge >= 0.3 is 11.9 Å². The molecule has 0 fully saturated rings. The summed E-state index contributed by atoms with van der Waals surface area (Å²) in [6, 6.07) is 8.44. The number of halogens is 2. The summed E-state index contributed by atoms with van der Waals surface area (Å²) in [5, 5.41) is 31.4. The summed E-state index contributed by atoms with van der Waals surface area (Å²) in [6.07, 6.45) is 5.09. The lowest BCUT2D eigenvalue weighted by atomic mass is 9.83. The van der Waals surface area contributed by atoms with E-state index >= 15 is 4.39 Å². The van der Waals surface area contributed by atoms with Crippen LogP contribution >= 0.6 is 11.8 Å². The summed E-state index contributed by atoms with van der Waals surface area (Å²) in [5.41, 5.74) is 6.47. The van der Waals surface area contributed by atoms with E-state index in [1.54, 1.807) is 31.0 Å². The van der Waals surface area contributed by atoms with Gasteiger partial charge in [0.1, 0.15) is 35.8 Å².